The molecule has 0 aliphatic heterocycles. The van der Waals surface area contributed by atoms with Crippen LogP contribution >= 0.6 is 0 Å². The Kier molecular flexibility index (Phi) is 13.1. The summed E-state index contributed by atoms with van der Waals surface area (Å²) in [6.45, 7) is 6.78. The van der Waals surface area contributed by atoms with E-state index < -0.39 is 6.16 Å². The fourth-order valence-electron chi connectivity index (χ4n) is 4.06. The minimum Gasteiger partial charge on any atom is -0.434 e. The van der Waals surface area contributed by atoms with Crippen LogP contribution in [0.3, 0.4) is 0 Å². The van der Waals surface area contributed by atoms with Crippen molar-refractivity contribution < 1.29 is 19.1 Å². The first-order valence-electron chi connectivity index (χ1n) is 13.1. The highest BCUT2D eigenvalue weighted by Gasteiger charge is 2.16. The lowest BCUT2D eigenvalue weighted by atomic mass is 9.92. The van der Waals surface area contributed by atoms with Gasteiger partial charge in [0.2, 0.25) is 0 Å². The van der Waals surface area contributed by atoms with Crippen LogP contribution in [0, 0.1) is 5.92 Å². The zero-order valence-electron chi connectivity index (χ0n) is 21.3. The third-order valence-corrected chi connectivity index (χ3v) is 6.22. The zero-order chi connectivity index (χ0) is 24.6. The van der Waals surface area contributed by atoms with E-state index >= 15 is 0 Å². The summed E-state index contributed by atoms with van der Waals surface area (Å²) in [5.41, 5.74) is 2.42. The number of Topliss-reactive ketones (excluding diaryl/α,β-unsaturated/α-hetero) is 1. The Hall–Kier alpha value is -2.62. The lowest BCUT2D eigenvalue weighted by Gasteiger charge is -2.12. The average Bonchev–Trinajstić information content (AvgIpc) is 2.86. The van der Waals surface area contributed by atoms with E-state index in [9.17, 15) is 9.59 Å². The van der Waals surface area contributed by atoms with Gasteiger partial charge in [0, 0.05) is 17.0 Å². The highest BCUT2D eigenvalue weighted by molar-refractivity contribution is 5.98. The topological polar surface area (TPSA) is 52.6 Å². The summed E-state index contributed by atoms with van der Waals surface area (Å²) in [5.74, 6) is 0.671. The van der Waals surface area contributed by atoms with Crippen molar-refractivity contribution in [1.82, 2.24) is 0 Å². The monoisotopic (exact) mass is 466 g/mol. The molecular formula is C30H42O4. The Morgan fingerprint density at radius 1 is 0.765 bits per heavy atom. The van der Waals surface area contributed by atoms with E-state index in [0.29, 0.717) is 12.4 Å². The van der Waals surface area contributed by atoms with Crippen LogP contribution in [-0.4, -0.2) is 18.5 Å². The number of hydrogen-bond acceptors (Lipinski definition) is 4. The number of hydrogen-bond donors (Lipinski definition) is 0. The van der Waals surface area contributed by atoms with E-state index in [-0.39, 0.29) is 11.7 Å². The number of ether oxygens (including phenoxy) is 2. The van der Waals surface area contributed by atoms with Gasteiger partial charge in [0.1, 0.15) is 5.75 Å². The molecule has 186 valence electrons. The molecule has 2 rings (SSSR count). The van der Waals surface area contributed by atoms with E-state index in [4.69, 9.17) is 9.47 Å². The molecule has 4 heteroatoms. The molecule has 1 unspecified atom stereocenters. The summed E-state index contributed by atoms with van der Waals surface area (Å²) >= 11 is 0. The minimum absolute atomic E-state index is 0.0275. The van der Waals surface area contributed by atoms with Gasteiger partial charge in [-0.25, -0.2) is 4.79 Å². The maximum atomic E-state index is 12.8. The first-order chi connectivity index (χ1) is 16.6. The SMILES string of the molecule is CCCCCCCCOC(=O)Oc1ccccc1-c1ccc(C(=O)C(C)CCCCCC)cc1. The maximum absolute atomic E-state index is 12.8. The summed E-state index contributed by atoms with van der Waals surface area (Å²) in [4.78, 5) is 25.0. The predicted octanol–water partition coefficient (Wildman–Crippen LogP) is 9.02. The highest BCUT2D eigenvalue weighted by atomic mass is 16.7. The molecule has 0 radical (unpaired) electrons. The smallest absolute Gasteiger partial charge is 0.434 e. The molecule has 0 amide bonds. The third kappa shape index (κ3) is 9.70. The first kappa shape index (κ1) is 27.6. The van der Waals surface area contributed by atoms with Crippen LogP contribution in [0.2, 0.25) is 0 Å². The molecule has 0 heterocycles. The molecule has 2 aromatic rings. The molecule has 0 aliphatic carbocycles. The van der Waals surface area contributed by atoms with Gasteiger partial charge in [-0.3, -0.25) is 4.79 Å². The van der Waals surface area contributed by atoms with Gasteiger partial charge in [0.25, 0.3) is 0 Å². The van der Waals surface area contributed by atoms with Gasteiger partial charge >= 0.3 is 6.16 Å². The average molecular weight is 467 g/mol. The number of para-hydroxylation sites is 1. The van der Waals surface area contributed by atoms with Crippen LogP contribution in [0.15, 0.2) is 48.5 Å². The Morgan fingerprint density at radius 3 is 2.09 bits per heavy atom. The second-order valence-corrected chi connectivity index (χ2v) is 9.16. The van der Waals surface area contributed by atoms with Crippen molar-refractivity contribution in [2.24, 2.45) is 5.92 Å². The molecule has 0 spiro atoms. The Labute approximate surface area is 206 Å². The van der Waals surface area contributed by atoms with Crippen molar-refractivity contribution in [2.45, 2.75) is 91.4 Å². The van der Waals surface area contributed by atoms with Crippen LogP contribution in [0.1, 0.15) is 102 Å². The van der Waals surface area contributed by atoms with Gasteiger partial charge < -0.3 is 9.47 Å². The minimum atomic E-state index is -0.676. The summed E-state index contributed by atoms with van der Waals surface area (Å²) in [7, 11) is 0. The quantitative estimate of drug-likeness (QED) is 0.107. The van der Waals surface area contributed by atoms with E-state index in [1.807, 2.05) is 49.4 Å². The van der Waals surface area contributed by atoms with Crippen LogP contribution in [0.25, 0.3) is 11.1 Å². The molecule has 1 atom stereocenters. The fourth-order valence-corrected chi connectivity index (χ4v) is 4.06. The molecule has 4 nitrogen and oxygen atoms in total. The molecule has 0 saturated carbocycles. The number of carbonyl (C=O) groups is 2. The standard InChI is InChI=1S/C30H42O4/c1-4-6-8-10-11-15-23-33-30(32)34-28-18-14-13-17-27(28)25-19-21-26(22-20-25)29(31)24(3)16-12-9-7-5-2/h13-14,17-22,24H,4-12,15-16,23H2,1-3H3. The molecular weight excluding hydrogens is 424 g/mol. The molecule has 0 aliphatic rings. The number of benzene rings is 2. The molecule has 34 heavy (non-hydrogen) atoms. The van der Waals surface area contributed by atoms with E-state index in [0.717, 1.165) is 42.4 Å². The van der Waals surface area contributed by atoms with Crippen LogP contribution in [0.4, 0.5) is 4.79 Å². The van der Waals surface area contributed by atoms with Crippen molar-refractivity contribution in [3.63, 3.8) is 0 Å². The van der Waals surface area contributed by atoms with Gasteiger partial charge in [0.15, 0.2) is 5.78 Å². The van der Waals surface area contributed by atoms with E-state index in [1.165, 1.54) is 44.9 Å². The number of ketones is 1. The summed E-state index contributed by atoms with van der Waals surface area (Å²) in [6.07, 6.45) is 11.8. The van der Waals surface area contributed by atoms with Crippen molar-refractivity contribution in [3.8, 4) is 16.9 Å². The Morgan fingerprint density at radius 2 is 1.38 bits per heavy atom. The highest BCUT2D eigenvalue weighted by Crippen LogP contribution is 2.31. The van der Waals surface area contributed by atoms with Gasteiger partial charge in [-0.2, -0.15) is 0 Å². The molecule has 0 fully saturated rings. The Balaban J connectivity index is 1.90. The van der Waals surface area contributed by atoms with Crippen molar-refractivity contribution in [2.75, 3.05) is 6.61 Å². The number of unbranched alkanes of at least 4 members (excludes halogenated alkanes) is 8. The van der Waals surface area contributed by atoms with Crippen molar-refractivity contribution >= 4 is 11.9 Å². The Bertz CT molecular complexity index is 856. The first-order valence-corrected chi connectivity index (χ1v) is 13.1. The van der Waals surface area contributed by atoms with Gasteiger partial charge in [-0.05, 0) is 24.5 Å². The van der Waals surface area contributed by atoms with Gasteiger partial charge in [0.05, 0.1) is 6.61 Å². The fraction of sp³-hybridized carbons (Fsp3) is 0.533. The maximum Gasteiger partial charge on any atom is 0.513 e. The lowest BCUT2D eigenvalue weighted by molar-refractivity contribution is 0.0921. The second kappa shape index (κ2) is 16.1. The summed E-state index contributed by atoms with van der Waals surface area (Å²) < 4.78 is 10.8. The second-order valence-electron chi connectivity index (χ2n) is 9.16. The summed E-state index contributed by atoms with van der Waals surface area (Å²) in [5, 5.41) is 0. The van der Waals surface area contributed by atoms with Crippen molar-refractivity contribution in [1.29, 1.82) is 0 Å². The lowest BCUT2D eigenvalue weighted by Crippen LogP contribution is -2.12. The molecule has 0 N–H and O–H groups in total. The van der Waals surface area contributed by atoms with Crippen LogP contribution in [0.5, 0.6) is 5.75 Å². The number of rotatable bonds is 16. The largest absolute Gasteiger partial charge is 0.513 e. The molecule has 0 saturated heterocycles. The van der Waals surface area contributed by atoms with Gasteiger partial charge in [-0.1, -0.05) is 121 Å². The van der Waals surface area contributed by atoms with E-state index in [1.54, 1.807) is 6.07 Å². The zero-order valence-corrected chi connectivity index (χ0v) is 21.3. The normalized spacial score (nSPS) is 11.7. The molecule has 0 bridgehead atoms. The number of carbonyl (C=O) groups excluding carboxylic acids is 2. The van der Waals surface area contributed by atoms with Gasteiger partial charge in [-0.15, -0.1) is 0 Å². The van der Waals surface area contributed by atoms with Crippen LogP contribution < -0.4 is 4.74 Å². The summed E-state index contributed by atoms with van der Waals surface area (Å²) in [6, 6.07) is 15.0. The van der Waals surface area contributed by atoms with Crippen LogP contribution in [-0.2, 0) is 4.74 Å². The molecule has 2 aromatic carbocycles. The predicted molar refractivity (Wildman–Crippen MR) is 139 cm³/mol. The van der Waals surface area contributed by atoms with E-state index in [2.05, 4.69) is 13.8 Å². The third-order valence-electron chi connectivity index (χ3n) is 6.22. The molecule has 0 aromatic heterocycles. The van der Waals surface area contributed by atoms with Crippen molar-refractivity contribution in [3.05, 3.63) is 54.1 Å².